The van der Waals surface area contributed by atoms with Crippen molar-refractivity contribution in [2.75, 3.05) is 0 Å². The van der Waals surface area contributed by atoms with Gasteiger partial charge in [0.15, 0.2) is 0 Å². The Kier molecular flexibility index (Phi) is 3.31. The monoisotopic (exact) mass is 265 g/mol. The fraction of sp³-hybridized carbons (Fsp3) is 0. The van der Waals surface area contributed by atoms with Gasteiger partial charge in [-0.1, -0.05) is 53.2 Å². The van der Waals surface area contributed by atoms with Gasteiger partial charge in [-0.2, -0.15) is 0 Å². The fourth-order valence-electron chi connectivity index (χ4n) is 1.72. The van der Waals surface area contributed by atoms with E-state index >= 15 is 0 Å². The predicted molar refractivity (Wildman–Crippen MR) is 71.6 cm³/mol. The first kappa shape index (κ1) is 11.9. The zero-order chi connectivity index (χ0) is 11.0. The van der Waals surface area contributed by atoms with E-state index in [1.807, 2.05) is 42.5 Å². The maximum atomic E-state index is 6.29. The summed E-state index contributed by atoms with van der Waals surface area (Å²) < 4.78 is 0. The summed E-state index contributed by atoms with van der Waals surface area (Å²) >= 11 is 6.29. The molecule has 1 aromatic heterocycles. The highest BCUT2D eigenvalue weighted by atomic mass is 35.5. The second-order valence-electron chi connectivity index (χ2n) is 3.50. The molecule has 0 fully saturated rings. The number of nitrogens with zero attached hydrogens (tertiary/aromatic N) is 2. The van der Waals surface area contributed by atoms with Crippen LogP contribution in [0.25, 0.3) is 22.2 Å². The van der Waals surface area contributed by atoms with Gasteiger partial charge < -0.3 is 0 Å². The molecule has 0 spiro atoms. The molecule has 86 valence electrons. The third kappa shape index (κ3) is 1.99. The molecule has 1 N–H and O–H groups in total. The van der Waals surface area contributed by atoms with Crippen LogP contribution in [0.2, 0.25) is 5.02 Å². The predicted octanol–water partition coefficient (Wildman–Crippen LogP) is 3.70. The van der Waals surface area contributed by atoms with E-state index in [1.54, 1.807) is 0 Å². The Labute approximate surface area is 109 Å². The van der Waals surface area contributed by atoms with Gasteiger partial charge in [0.2, 0.25) is 0 Å². The molecule has 17 heavy (non-hydrogen) atoms. The molecule has 2 aromatic carbocycles. The molecule has 0 aliphatic rings. The van der Waals surface area contributed by atoms with Crippen LogP contribution in [-0.2, 0) is 0 Å². The summed E-state index contributed by atoms with van der Waals surface area (Å²) in [7, 11) is 0. The lowest BCUT2D eigenvalue weighted by atomic mass is 10.1. The van der Waals surface area contributed by atoms with Crippen molar-refractivity contribution in [3.05, 3.63) is 47.5 Å². The van der Waals surface area contributed by atoms with Crippen LogP contribution >= 0.6 is 24.0 Å². The summed E-state index contributed by atoms with van der Waals surface area (Å²) in [5.41, 5.74) is 3.62. The first-order valence-corrected chi connectivity index (χ1v) is 5.29. The number of nitrogens with one attached hydrogen (secondary N) is 1. The van der Waals surface area contributed by atoms with Crippen LogP contribution < -0.4 is 0 Å². The standard InChI is InChI=1S/C12H8ClN3.ClH/c13-11-9(8-4-2-1-3-5-8)6-7-10-12(11)15-16-14-10;/h1-7H,(H,14,15,16);1H. The normalized spacial score (nSPS) is 10.2. The number of fused-ring (bicyclic) bond motifs is 1. The van der Waals surface area contributed by atoms with Gasteiger partial charge in [0.25, 0.3) is 0 Å². The van der Waals surface area contributed by atoms with Crippen molar-refractivity contribution >= 4 is 35.0 Å². The number of hydrogen-bond donors (Lipinski definition) is 1. The van der Waals surface area contributed by atoms with Crippen molar-refractivity contribution in [1.82, 2.24) is 15.4 Å². The summed E-state index contributed by atoms with van der Waals surface area (Å²) in [6.07, 6.45) is 0. The van der Waals surface area contributed by atoms with Gasteiger partial charge in [-0.3, -0.25) is 5.10 Å². The van der Waals surface area contributed by atoms with Crippen molar-refractivity contribution in [2.24, 2.45) is 0 Å². The number of aromatic amines is 1. The van der Waals surface area contributed by atoms with Crippen LogP contribution in [0, 0.1) is 0 Å². The Bertz CT molecular complexity index is 635. The minimum atomic E-state index is 0. The number of H-pyrrole nitrogens is 1. The van der Waals surface area contributed by atoms with Crippen molar-refractivity contribution in [3.8, 4) is 11.1 Å². The Hall–Kier alpha value is -1.58. The smallest absolute Gasteiger partial charge is 0.132 e. The second-order valence-corrected chi connectivity index (χ2v) is 3.88. The molecular formula is C12H9Cl2N3. The van der Waals surface area contributed by atoms with Crippen LogP contribution in [0.3, 0.4) is 0 Å². The van der Waals surface area contributed by atoms with Gasteiger partial charge >= 0.3 is 0 Å². The second kappa shape index (κ2) is 4.73. The van der Waals surface area contributed by atoms with Gasteiger partial charge in [0, 0.05) is 5.56 Å². The highest BCUT2D eigenvalue weighted by molar-refractivity contribution is 6.37. The van der Waals surface area contributed by atoms with Gasteiger partial charge in [0.1, 0.15) is 5.52 Å². The van der Waals surface area contributed by atoms with Crippen LogP contribution in [0.15, 0.2) is 42.5 Å². The van der Waals surface area contributed by atoms with Crippen molar-refractivity contribution in [1.29, 1.82) is 0 Å². The minimum absolute atomic E-state index is 0. The number of hydrogen-bond acceptors (Lipinski definition) is 2. The molecule has 0 unspecified atom stereocenters. The van der Waals surface area contributed by atoms with Gasteiger partial charge in [-0.25, -0.2) is 0 Å². The first-order valence-electron chi connectivity index (χ1n) is 4.91. The zero-order valence-corrected chi connectivity index (χ0v) is 10.3. The quantitative estimate of drug-likeness (QED) is 0.729. The highest BCUT2D eigenvalue weighted by Gasteiger charge is 2.09. The van der Waals surface area contributed by atoms with E-state index in [-0.39, 0.29) is 12.4 Å². The van der Waals surface area contributed by atoms with Gasteiger partial charge in [0.05, 0.1) is 10.5 Å². The molecule has 0 aliphatic heterocycles. The molecule has 0 bridgehead atoms. The SMILES string of the molecule is Cl.Clc1c(-c2ccccc2)ccc2[nH]nnc12. The summed E-state index contributed by atoms with van der Waals surface area (Å²) in [6, 6.07) is 13.9. The molecule has 0 atom stereocenters. The lowest BCUT2D eigenvalue weighted by Gasteiger charge is -2.03. The van der Waals surface area contributed by atoms with Crippen molar-refractivity contribution in [2.45, 2.75) is 0 Å². The van der Waals surface area contributed by atoms with Crippen molar-refractivity contribution < 1.29 is 0 Å². The summed E-state index contributed by atoms with van der Waals surface area (Å²) in [5, 5.41) is 11.1. The molecule has 5 heteroatoms. The molecule has 0 amide bonds. The van der Waals surface area contributed by atoms with Gasteiger partial charge in [-0.05, 0) is 11.6 Å². The minimum Gasteiger partial charge on any atom is -0.257 e. The van der Waals surface area contributed by atoms with E-state index in [1.165, 1.54) is 0 Å². The van der Waals surface area contributed by atoms with Crippen LogP contribution in [-0.4, -0.2) is 15.4 Å². The molecule has 1 heterocycles. The van der Waals surface area contributed by atoms with Gasteiger partial charge in [-0.15, -0.1) is 17.5 Å². The van der Waals surface area contributed by atoms with Crippen LogP contribution in [0.5, 0.6) is 0 Å². The highest BCUT2D eigenvalue weighted by Crippen LogP contribution is 2.32. The molecular weight excluding hydrogens is 257 g/mol. The van der Waals surface area contributed by atoms with Crippen LogP contribution in [0.4, 0.5) is 0 Å². The molecule has 3 nitrogen and oxygen atoms in total. The average Bonchev–Trinajstić information content (AvgIpc) is 2.80. The number of rotatable bonds is 1. The first-order chi connectivity index (χ1) is 7.86. The Morgan fingerprint density at radius 2 is 1.76 bits per heavy atom. The summed E-state index contributed by atoms with van der Waals surface area (Å²) in [4.78, 5) is 0. The zero-order valence-electron chi connectivity index (χ0n) is 8.72. The van der Waals surface area contributed by atoms with E-state index in [0.717, 1.165) is 16.6 Å². The number of halogens is 2. The third-order valence-corrected chi connectivity index (χ3v) is 2.90. The van der Waals surface area contributed by atoms with E-state index in [0.29, 0.717) is 10.5 Å². The maximum absolute atomic E-state index is 6.29. The maximum Gasteiger partial charge on any atom is 0.132 e. The largest absolute Gasteiger partial charge is 0.257 e. The van der Waals surface area contributed by atoms with E-state index in [9.17, 15) is 0 Å². The van der Waals surface area contributed by atoms with E-state index in [4.69, 9.17) is 11.6 Å². The van der Waals surface area contributed by atoms with E-state index in [2.05, 4.69) is 15.4 Å². The summed E-state index contributed by atoms with van der Waals surface area (Å²) in [6.45, 7) is 0. The molecule has 0 radical (unpaired) electrons. The number of aromatic nitrogens is 3. The molecule has 3 aromatic rings. The Morgan fingerprint density at radius 1 is 1.00 bits per heavy atom. The van der Waals surface area contributed by atoms with Crippen molar-refractivity contribution in [3.63, 3.8) is 0 Å². The molecule has 0 saturated carbocycles. The Balaban J connectivity index is 0.00000108. The topological polar surface area (TPSA) is 41.6 Å². The van der Waals surface area contributed by atoms with Crippen LogP contribution in [0.1, 0.15) is 0 Å². The Morgan fingerprint density at radius 3 is 2.53 bits per heavy atom. The molecule has 3 rings (SSSR count). The van der Waals surface area contributed by atoms with E-state index < -0.39 is 0 Å². The lowest BCUT2D eigenvalue weighted by Crippen LogP contribution is -1.81. The summed E-state index contributed by atoms with van der Waals surface area (Å²) in [5.74, 6) is 0. The third-order valence-electron chi connectivity index (χ3n) is 2.52. The molecule has 0 saturated heterocycles. The fourth-order valence-corrected chi connectivity index (χ4v) is 2.03. The lowest BCUT2D eigenvalue weighted by molar-refractivity contribution is 0.959. The average molecular weight is 266 g/mol. The number of benzene rings is 2. The molecule has 0 aliphatic carbocycles.